The van der Waals surface area contributed by atoms with Crippen LogP contribution in [0.4, 0.5) is 11.8 Å². The molecule has 12 nitrogen and oxygen atoms in total. The fraction of sp³-hybridized carbons (Fsp3) is 0.190. The van der Waals surface area contributed by atoms with Crippen LogP contribution in [0.5, 0.6) is 0 Å². The number of nitrogen functional groups attached to an aromatic ring is 1. The first-order valence-corrected chi connectivity index (χ1v) is 13.9. The van der Waals surface area contributed by atoms with Crippen LogP contribution in [0.25, 0.3) is 22.6 Å². The van der Waals surface area contributed by atoms with Crippen LogP contribution in [0, 0.1) is 6.92 Å². The number of rotatable bonds is 7. The molecule has 4 aromatic rings. The van der Waals surface area contributed by atoms with E-state index in [2.05, 4.69) is 25.3 Å². The lowest BCUT2D eigenvalue weighted by atomic mass is 10.1. The topological polar surface area (TPSA) is 167 Å². The van der Waals surface area contributed by atoms with E-state index in [-0.39, 0.29) is 22.0 Å². The van der Waals surface area contributed by atoms with Crippen LogP contribution < -0.4 is 9.44 Å². The molecule has 0 bridgehead atoms. The van der Waals surface area contributed by atoms with Crippen molar-refractivity contribution in [3.05, 3.63) is 66.0 Å². The molecule has 0 saturated heterocycles. The molecule has 0 aliphatic heterocycles. The maximum atomic E-state index is 12.0. The van der Waals surface area contributed by atoms with E-state index in [1.807, 2.05) is 31.2 Å². The molecule has 182 valence electrons. The Kier molecular flexibility index (Phi) is 6.25. The van der Waals surface area contributed by atoms with Crippen LogP contribution >= 0.6 is 0 Å². The zero-order valence-corrected chi connectivity index (χ0v) is 20.7. The number of anilines is 2. The van der Waals surface area contributed by atoms with Gasteiger partial charge in [0.05, 0.1) is 42.3 Å². The normalized spacial score (nSPS) is 12.0. The van der Waals surface area contributed by atoms with Crippen molar-refractivity contribution in [1.29, 1.82) is 0 Å². The molecule has 0 unspecified atom stereocenters. The van der Waals surface area contributed by atoms with Crippen molar-refractivity contribution in [3.8, 4) is 22.6 Å². The molecular weight excluding hydrogens is 492 g/mol. The summed E-state index contributed by atoms with van der Waals surface area (Å²) in [6.45, 7) is 2.09. The Morgan fingerprint density at radius 3 is 2.26 bits per heavy atom. The first kappa shape index (κ1) is 24.2. The molecule has 3 aromatic heterocycles. The van der Waals surface area contributed by atoms with Crippen LogP contribution in [0.15, 0.2) is 54.7 Å². The molecule has 0 atom stereocenters. The van der Waals surface area contributed by atoms with E-state index in [0.717, 1.165) is 23.6 Å². The molecule has 2 N–H and O–H groups in total. The summed E-state index contributed by atoms with van der Waals surface area (Å²) in [6, 6.07) is 14.0. The lowest BCUT2D eigenvalue weighted by molar-refractivity contribution is 0.590. The molecule has 0 fully saturated rings. The van der Waals surface area contributed by atoms with E-state index in [4.69, 9.17) is 5.73 Å². The lowest BCUT2D eigenvalue weighted by Crippen LogP contribution is -2.36. The number of pyridine rings is 1. The molecule has 0 saturated carbocycles. The summed E-state index contributed by atoms with van der Waals surface area (Å²) in [5.74, 6) is -0.149. The monoisotopic (exact) mass is 514 g/mol. The number of nitrogens with two attached hydrogens (primary N) is 1. The Hall–Kier alpha value is -3.91. The van der Waals surface area contributed by atoms with Crippen molar-refractivity contribution in [2.45, 2.75) is 13.5 Å². The van der Waals surface area contributed by atoms with Gasteiger partial charge >= 0.3 is 0 Å². The fourth-order valence-electron chi connectivity index (χ4n) is 3.45. The molecule has 0 aliphatic carbocycles. The zero-order chi connectivity index (χ0) is 25.4. The van der Waals surface area contributed by atoms with Gasteiger partial charge in [-0.3, -0.25) is 0 Å². The third-order valence-corrected chi connectivity index (χ3v) is 7.97. The second-order valence-electron chi connectivity index (χ2n) is 7.88. The first-order valence-electron chi connectivity index (χ1n) is 10.2. The number of aryl methyl sites for hydroxylation is 1. The molecule has 4 rings (SSSR count). The first-order chi connectivity index (χ1) is 16.4. The Morgan fingerprint density at radius 2 is 1.57 bits per heavy atom. The standard InChI is InChI=1S/C21H22N8O4S2/c1-14-6-4-7-15(10-14)17-11-18(25-21(22)24-17)19-13-28(27-26-19)12-16-8-5-9-20(23-16)29(34(2,30)31)35(3,32)33/h4-11,13H,12H2,1-3H3,(H2,22,24,25). The summed E-state index contributed by atoms with van der Waals surface area (Å²) in [5.41, 5.74) is 9.82. The highest BCUT2D eigenvalue weighted by molar-refractivity contribution is 8.09. The van der Waals surface area contributed by atoms with Gasteiger partial charge in [0.2, 0.25) is 26.0 Å². The van der Waals surface area contributed by atoms with Crippen molar-refractivity contribution >= 4 is 31.8 Å². The Labute approximate surface area is 202 Å². The molecule has 3 heterocycles. The highest BCUT2D eigenvalue weighted by Crippen LogP contribution is 2.24. The van der Waals surface area contributed by atoms with Gasteiger partial charge in [0.1, 0.15) is 5.69 Å². The Morgan fingerprint density at radius 1 is 0.886 bits per heavy atom. The van der Waals surface area contributed by atoms with Gasteiger partial charge in [-0.2, -0.15) is 0 Å². The molecular formula is C21H22N8O4S2. The molecule has 35 heavy (non-hydrogen) atoms. The summed E-state index contributed by atoms with van der Waals surface area (Å²) < 4.78 is 49.9. The number of aromatic nitrogens is 6. The summed E-state index contributed by atoms with van der Waals surface area (Å²) in [5, 5.41) is 8.23. The van der Waals surface area contributed by atoms with Crippen molar-refractivity contribution < 1.29 is 16.8 Å². The minimum Gasteiger partial charge on any atom is -0.368 e. The van der Waals surface area contributed by atoms with Crippen LogP contribution in [-0.2, 0) is 26.6 Å². The van der Waals surface area contributed by atoms with E-state index < -0.39 is 20.0 Å². The maximum Gasteiger partial charge on any atom is 0.246 e. The van der Waals surface area contributed by atoms with Crippen LogP contribution in [0.2, 0.25) is 0 Å². The molecule has 0 spiro atoms. The average Bonchev–Trinajstić information content (AvgIpc) is 3.20. The number of nitrogens with zero attached hydrogens (tertiary/aromatic N) is 7. The maximum absolute atomic E-state index is 12.0. The third kappa shape index (κ3) is 5.60. The highest BCUT2D eigenvalue weighted by atomic mass is 32.3. The number of sulfonamides is 2. The van der Waals surface area contributed by atoms with E-state index >= 15 is 0 Å². The van der Waals surface area contributed by atoms with Crippen molar-refractivity contribution in [1.82, 2.24) is 29.9 Å². The van der Waals surface area contributed by atoms with Gasteiger partial charge < -0.3 is 5.73 Å². The van der Waals surface area contributed by atoms with E-state index in [0.29, 0.717) is 22.8 Å². The number of benzene rings is 1. The Bertz CT molecular complexity index is 1590. The quantitative estimate of drug-likeness (QED) is 0.381. The van der Waals surface area contributed by atoms with Crippen molar-refractivity contribution in [3.63, 3.8) is 0 Å². The minimum absolute atomic E-state index is 0.0876. The third-order valence-electron chi connectivity index (χ3n) is 4.76. The summed E-state index contributed by atoms with van der Waals surface area (Å²) >= 11 is 0. The minimum atomic E-state index is -4.11. The zero-order valence-electron chi connectivity index (χ0n) is 19.1. The van der Waals surface area contributed by atoms with Gasteiger partial charge in [-0.25, -0.2) is 36.5 Å². The second-order valence-corrected chi connectivity index (χ2v) is 11.8. The van der Waals surface area contributed by atoms with E-state index in [9.17, 15) is 16.8 Å². The summed E-state index contributed by atoms with van der Waals surface area (Å²) in [4.78, 5) is 12.8. The summed E-state index contributed by atoms with van der Waals surface area (Å²) in [6.07, 6.45) is 3.22. The number of hydrogen-bond donors (Lipinski definition) is 1. The SMILES string of the molecule is Cc1cccc(-c2cc(-c3cn(Cc4cccc(N(S(C)(=O)=O)S(C)(=O)=O)n4)nn3)nc(N)n2)c1. The largest absolute Gasteiger partial charge is 0.368 e. The lowest BCUT2D eigenvalue weighted by Gasteiger charge is -2.19. The average molecular weight is 515 g/mol. The van der Waals surface area contributed by atoms with E-state index in [1.165, 1.54) is 16.8 Å². The van der Waals surface area contributed by atoms with Crippen LogP contribution in [0.1, 0.15) is 11.3 Å². The second kappa shape index (κ2) is 9.03. The molecule has 0 radical (unpaired) electrons. The van der Waals surface area contributed by atoms with Gasteiger partial charge in [-0.05, 0) is 31.2 Å². The van der Waals surface area contributed by atoms with Gasteiger partial charge in [0.15, 0.2) is 5.82 Å². The van der Waals surface area contributed by atoms with Crippen molar-refractivity contribution in [2.24, 2.45) is 0 Å². The van der Waals surface area contributed by atoms with Crippen LogP contribution in [-0.4, -0.2) is 59.3 Å². The number of hydrogen-bond acceptors (Lipinski definition) is 10. The van der Waals surface area contributed by atoms with Crippen molar-refractivity contribution in [2.75, 3.05) is 22.0 Å². The fourth-order valence-corrected chi connectivity index (χ4v) is 6.30. The summed E-state index contributed by atoms with van der Waals surface area (Å²) in [7, 11) is -8.22. The predicted molar refractivity (Wildman–Crippen MR) is 131 cm³/mol. The Balaban J connectivity index is 1.63. The molecule has 14 heteroatoms. The van der Waals surface area contributed by atoms with Gasteiger partial charge in [0.25, 0.3) is 0 Å². The predicted octanol–water partition coefficient (Wildman–Crippen LogP) is 1.46. The van der Waals surface area contributed by atoms with Gasteiger partial charge in [0, 0.05) is 5.56 Å². The smallest absolute Gasteiger partial charge is 0.246 e. The molecule has 0 aliphatic rings. The molecule has 1 aromatic carbocycles. The van der Waals surface area contributed by atoms with Gasteiger partial charge in [-0.15, -0.1) is 8.81 Å². The van der Waals surface area contributed by atoms with Gasteiger partial charge in [-0.1, -0.05) is 35.0 Å². The van der Waals surface area contributed by atoms with Crippen LogP contribution in [0.3, 0.4) is 0 Å². The highest BCUT2D eigenvalue weighted by Gasteiger charge is 2.28. The molecule has 0 amide bonds. The van der Waals surface area contributed by atoms with E-state index in [1.54, 1.807) is 18.3 Å².